The second-order valence-electron chi connectivity index (χ2n) is 3.62. The van der Waals surface area contributed by atoms with Gasteiger partial charge < -0.3 is 4.74 Å². The lowest BCUT2D eigenvalue weighted by Gasteiger charge is -2.06. The molecule has 0 radical (unpaired) electrons. The highest BCUT2D eigenvalue weighted by molar-refractivity contribution is 5.03. The Morgan fingerprint density at radius 3 is 2.43 bits per heavy atom. The van der Waals surface area contributed by atoms with Gasteiger partial charge in [-0.3, -0.25) is 0 Å². The second kappa shape index (κ2) is 5.70. The first-order chi connectivity index (χ1) is 6.72. The van der Waals surface area contributed by atoms with Gasteiger partial charge in [0.2, 0.25) is 0 Å². The van der Waals surface area contributed by atoms with Gasteiger partial charge in [-0.15, -0.1) is 0 Å². The zero-order chi connectivity index (χ0) is 10.4. The normalized spacial score (nSPS) is 10.9. The third-order valence-electron chi connectivity index (χ3n) is 1.82. The molecule has 0 saturated heterocycles. The quantitative estimate of drug-likeness (QED) is 0.721. The molecule has 0 spiro atoms. The smallest absolute Gasteiger partial charge is 0.128 e. The Labute approximate surface area is 85.5 Å². The van der Waals surface area contributed by atoms with Crippen LogP contribution in [0.5, 0.6) is 0 Å². The van der Waals surface area contributed by atoms with Crippen LogP contribution >= 0.6 is 0 Å². The van der Waals surface area contributed by atoms with Crippen molar-refractivity contribution in [2.24, 2.45) is 0 Å². The maximum absolute atomic E-state index is 5.45. The van der Waals surface area contributed by atoms with Crippen LogP contribution < -0.4 is 0 Å². The monoisotopic (exact) mass is 194 g/mol. The molecule has 0 aliphatic heterocycles. The summed E-state index contributed by atoms with van der Waals surface area (Å²) in [6.45, 7) is 6.77. The minimum absolute atomic E-state index is 0.255. The zero-order valence-electron chi connectivity index (χ0n) is 9.16. The van der Waals surface area contributed by atoms with Crippen LogP contribution in [0.25, 0.3) is 0 Å². The summed E-state index contributed by atoms with van der Waals surface area (Å²) in [4.78, 5) is 8.51. The molecule has 1 heterocycles. The maximum Gasteiger partial charge on any atom is 0.128 e. The number of rotatable bonds is 5. The molecule has 1 rings (SSSR count). The van der Waals surface area contributed by atoms with Gasteiger partial charge in [0, 0.05) is 24.4 Å². The van der Waals surface area contributed by atoms with E-state index in [1.165, 1.54) is 0 Å². The van der Waals surface area contributed by atoms with Gasteiger partial charge in [-0.2, -0.15) is 0 Å². The number of nitrogens with zero attached hydrogens (tertiary/aromatic N) is 2. The molecule has 0 unspecified atom stereocenters. The van der Waals surface area contributed by atoms with Crippen molar-refractivity contribution < 1.29 is 4.74 Å². The van der Waals surface area contributed by atoms with Crippen molar-refractivity contribution in [1.29, 1.82) is 0 Å². The molecule has 0 saturated carbocycles. The van der Waals surface area contributed by atoms with Gasteiger partial charge in [0.1, 0.15) is 5.82 Å². The Morgan fingerprint density at radius 1 is 1.29 bits per heavy atom. The summed E-state index contributed by atoms with van der Waals surface area (Å²) in [7, 11) is 0. The van der Waals surface area contributed by atoms with Crippen LogP contribution in [0.1, 0.15) is 38.6 Å². The number of hydrogen-bond donors (Lipinski definition) is 0. The standard InChI is InChI=1S/C11H18N2O/c1-4-5-11-12-6-10(7-13-11)8-14-9(2)3/h6-7,9H,4-5,8H2,1-3H3. The molecule has 78 valence electrons. The number of aryl methyl sites for hydroxylation is 1. The summed E-state index contributed by atoms with van der Waals surface area (Å²) in [6, 6.07) is 0. The highest BCUT2D eigenvalue weighted by atomic mass is 16.5. The highest BCUT2D eigenvalue weighted by Crippen LogP contribution is 2.02. The molecule has 0 aliphatic rings. The Morgan fingerprint density at radius 2 is 1.93 bits per heavy atom. The van der Waals surface area contributed by atoms with E-state index in [1.807, 2.05) is 26.2 Å². The summed E-state index contributed by atoms with van der Waals surface area (Å²) in [6.07, 6.45) is 5.98. The van der Waals surface area contributed by atoms with Crippen LogP contribution in [0.2, 0.25) is 0 Å². The minimum atomic E-state index is 0.255. The molecule has 0 atom stereocenters. The van der Waals surface area contributed by atoms with Crippen molar-refractivity contribution >= 4 is 0 Å². The minimum Gasteiger partial charge on any atom is -0.374 e. The van der Waals surface area contributed by atoms with Crippen molar-refractivity contribution in [3.8, 4) is 0 Å². The molecule has 0 aliphatic carbocycles. The molecule has 0 bridgehead atoms. The zero-order valence-corrected chi connectivity index (χ0v) is 9.16. The molecule has 0 aromatic carbocycles. The van der Waals surface area contributed by atoms with E-state index < -0.39 is 0 Å². The largest absolute Gasteiger partial charge is 0.374 e. The van der Waals surface area contributed by atoms with E-state index in [0.717, 1.165) is 24.2 Å². The molecular weight excluding hydrogens is 176 g/mol. The number of hydrogen-bond acceptors (Lipinski definition) is 3. The lowest BCUT2D eigenvalue weighted by molar-refractivity contribution is 0.0653. The van der Waals surface area contributed by atoms with E-state index in [-0.39, 0.29) is 6.10 Å². The first kappa shape index (κ1) is 11.1. The Kier molecular flexibility index (Phi) is 4.53. The van der Waals surface area contributed by atoms with E-state index in [4.69, 9.17) is 4.74 Å². The van der Waals surface area contributed by atoms with Gasteiger partial charge >= 0.3 is 0 Å². The van der Waals surface area contributed by atoms with Gasteiger partial charge in [-0.05, 0) is 20.3 Å². The molecule has 3 nitrogen and oxygen atoms in total. The fourth-order valence-corrected chi connectivity index (χ4v) is 1.07. The van der Waals surface area contributed by atoms with Crippen LogP contribution in [0, 0.1) is 0 Å². The summed E-state index contributed by atoms with van der Waals surface area (Å²) in [5.74, 6) is 0.917. The average molecular weight is 194 g/mol. The highest BCUT2D eigenvalue weighted by Gasteiger charge is 1.98. The first-order valence-corrected chi connectivity index (χ1v) is 5.13. The number of aromatic nitrogens is 2. The molecule has 0 N–H and O–H groups in total. The van der Waals surface area contributed by atoms with Crippen LogP contribution in [0.3, 0.4) is 0 Å². The summed E-state index contributed by atoms with van der Waals surface area (Å²) >= 11 is 0. The SMILES string of the molecule is CCCc1ncc(COC(C)C)cn1. The predicted molar refractivity (Wildman–Crippen MR) is 56.0 cm³/mol. The van der Waals surface area contributed by atoms with Crippen LogP contribution in [0.15, 0.2) is 12.4 Å². The lowest BCUT2D eigenvalue weighted by atomic mass is 10.3. The summed E-state index contributed by atoms with van der Waals surface area (Å²) in [5, 5.41) is 0. The second-order valence-corrected chi connectivity index (χ2v) is 3.62. The van der Waals surface area contributed by atoms with Crippen molar-refractivity contribution in [2.75, 3.05) is 0 Å². The van der Waals surface area contributed by atoms with Crippen molar-refractivity contribution in [1.82, 2.24) is 9.97 Å². The van der Waals surface area contributed by atoms with Crippen LogP contribution in [-0.2, 0) is 17.8 Å². The topological polar surface area (TPSA) is 35.0 Å². The van der Waals surface area contributed by atoms with Crippen molar-refractivity contribution in [2.45, 2.75) is 46.3 Å². The molecular formula is C11H18N2O. The predicted octanol–water partition coefficient (Wildman–Crippen LogP) is 2.35. The van der Waals surface area contributed by atoms with Crippen LogP contribution in [-0.4, -0.2) is 16.1 Å². The Hall–Kier alpha value is -0.960. The van der Waals surface area contributed by atoms with E-state index >= 15 is 0 Å². The van der Waals surface area contributed by atoms with Crippen LogP contribution in [0.4, 0.5) is 0 Å². The molecule has 0 amide bonds. The third-order valence-corrected chi connectivity index (χ3v) is 1.82. The first-order valence-electron chi connectivity index (χ1n) is 5.13. The van der Waals surface area contributed by atoms with E-state index in [2.05, 4.69) is 16.9 Å². The Balaban J connectivity index is 2.46. The summed E-state index contributed by atoms with van der Waals surface area (Å²) in [5.41, 5.74) is 1.04. The fourth-order valence-electron chi connectivity index (χ4n) is 1.07. The third kappa shape index (κ3) is 3.83. The fraction of sp³-hybridized carbons (Fsp3) is 0.636. The van der Waals surface area contributed by atoms with E-state index in [0.29, 0.717) is 6.61 Å². The Bertz CT molecular complexity index is 256. The molecule has 0 fully saturated rings. The van der Waals surface area contributed by atoms with Gasteiger partial charge in [-0.25, -0.2) is 9.97 Å². The van der Waals surface area contributed by atoms with Gasteiger partial charge in [-0.1, -0.05) is 6.92 Å². The average Bonchev–Trinajstić information content (AvgIpc) is 2.17. The van der Waals surface area contributed by atoms with Crippen molar-refractivity contribution in [3.05, 3.63) is 23.8 Å². The molecule has 14 heavy (non-hydrogen) atoms. The van der Waals surface area contributed by atoms with E-state index in [9.17, 15) is 0 Å². The lowest BCUT2D eigenvalue weighted by Crippen LogP contribution is -2.03. The van der Waals surface area contributed by atoms with Gasteiger partial charge in [0.15, 0.2) is 0 Å². The van der Waals surface area contributed by atoms with Gasteiger partial charge in [0.05, 0.1) is 12.7 Å². The summed E-state index contributed by atoms with van der Waals surface area (Å²) < 4.78 is 5.45. The maximum atomic E-state index is 5.45. The molecule has 1 aromatic heterocycles. The molecule has 3 heteroatoms. The molecule has 1 aromatic rings. The van der Waals surface area contributed by atoms with Crippen molar-refractivity contribution in [3.63, 3.8) is 0 Å². The van der Waals surface area contributed by atoms with Gasteiger partial charge in [0.25, 0.3) is 0 Å². The number of ether oxygens (including phenoxy) is 1. The van der Waals surface area contributed by atoms with E-state index in [1.54, 1.807) is 0 Å².